The van der Waals surface area contributed by atoms with Crippen molar-refractivity contribution >= 4 is 28.2 Å². The summed E-state index contributed by atoms with van der Waals surface area (Å²) < 4.78 is 17.7. The Balaban J connectivity index is 1.86. The maximum absolute atomic E-state index is 12.9. The maximum atomic E-state index is 12.9. The minimum atomic E-state index is -0.522. The number of benzene rings is 2. The highest BCUT2D eigenvalue weighted by atomic mass is 16.6. The minimum Gasteiger partial charge on any atom is -0.496 e. The van der Waals surface area contributed by atoms with E-state index >= 15 is 0 Å². The lowest BCUT2D eigenvalue weighted by molar-refractivity contribution is -0.384. The van der Waals surface area contributed by atoms with Gasteiger partial charge in [0.05, 0.1) is 37.2 Å². The van der Waals surface area contributed by atoms with E-state index in [0.717, 1.165) is 11.1 Å². The van der Waals surface area contributed by atoms with Gasteiger partial charge >= 0.3 is 0 Å². The number of nitro groups is 1. The van der Waals surface area contributed by atoms with Gasteiger partial charge < -0.3 is 14.2 Å². The maximum Gasteiger partial charge on any atom is 0.270 e. The van der Waals surface area contributed by atoms with Crippen LogP contribution < -0.4 is 19.8 Å². The van der Waals surface area contributed by atoms with Crippen LogP contribution in [0.4, 0.5) is 5.69 Å². The monoisotopic (exact) mass is 409 g/mol. The zero-order chi connectivity index (χ0) is 21.4. The van der Waals surface area contributed by atoms with Gasteiger partial charge in [0.25, 0.3) is 11.2 Å². The molecule has 0 fully saturated rings. The van der Waals surface area contributed by atoms with E-state index in [9.17, 15) is 14.9 Å². The Bertz CT molecular complexity index is 1260. The summed E-state index contributed by atoms with van der Waals surface area (Å²) >= 11 is 0. The fourth-order valence-electron chi connectivity index (χ4n) is 3.61. The van der Waals surface area contributed by atoms with Gasteiger partial charge in [0.2, 0.25) is 0 Å². The smallest absolute Gasteiger partial charge is 0.270 e. The van der Waals surface area contributed by atoms with E-state index in [4.69, 9.17) is 14.2 Å². The number of fused-ring (bicyclic) bond motifs is 2. The minimum absolute atomic E-state index is 0.134. The Labute approximate surface area is 171 Å². The molecule has 0 unspecified atom stereocenters. The number of methoxy groups -OCH3 is 3. The molecule has 0 saturated carbocycles. The van der Waals surface area contributed by atoms with Crippen molar-refractivity contribution < 1.29 is 19.1 Å². The predicted molar refractivity (Wildman–Crippen MR) is 111 cm³/mol. The summed E-state index contributed by atoms with van der Waals surface area (Å²) in [6, 6.07) is 7.66. The van der Waals surface area contributed by atoms with Crippen molar-refractivity contribution in [1.29, 1.82) is 0 Å². The van der Waals surface area contributed by atoms with E-state index in [1.165, 1.54) is 18.2 Å². The van der Waals surface area contributed by atoms with Gasteiger partial charge in [-0.2, -0.15) is 0 Å². The number of nitro benzene ring substituents is 1. The fraction of sp³-hybridized carbons (Fsp3) is 0.238. The third-order valence-corrected chi connectivity index (χ3v) is 5.11. The molecule has 2 heterocycles. The molecule has 0 aliphatic carbocycles. The summed E-state index contributed by atoms with van der Waals surface area (Å²) in [6.45, 7) is 0.446. The summed E-state index contributed by atoms with van der Waals surface area (Å²) in [5.74, 6) is 2.24. The van der Waals surface area contributed by atoms with Crippen LogP contribution in [0.1, 0.15) is 17.8 Å². The molecule has 0 saturated heterocycles. The molecular formula is C21H19N3O6. The highest BCUT2D eigenvalue weighted by Gasteiger charge is 2.23. The van der Waals surface area contributed by atoms with Crippen molar-refractivity contribution in [1.82, 2.24) is 9.55 Å². The van der Waals surface area contributed by atoms with Gasteiger partial charge in [-0.1, -0.05) is 0 Å². The molecule has 1 aliphatic rings. The van der Waals surface area contributed by atoms with Gasteiger partial charge in [0.1, 0.15) is 11.6 Å². The van der Waals surface area contributed by atoms with Gasteiger partial charge in [-0.3, -0.25) is 19.5 Å². The van der Waals surface area contributed by atoms with Crippen LogP contribution in [-0.4, -0.2) is 35.8 Å². The zero-order valence-electron chi connectivity index (χ0n) is 16.7. The summed E-state index contributed by atoms with van der Waals surface area (Å²) in [7, 11) is 4.67. The van der Waals surface area contributed by atoms with Crippen LogP contribution in [0.2, 0.25) is 0 Å². The third kappa shape index (κ3) is 3.14. The van der Waals surface area contributed by atoms with Crippen LogP contribution in [0.3, 0.4) is 0 Å². The van der Waals surface area contributed by atoms with E-state index in [1.54, 1.807) is 38.0 Å². The van der Waals surface area contributed by atoms with Crippen molar-refractivity contribution in [2.75, 3.05) is 21.3 Å². The Morgan fingerprint density at radius 3 is 2.43 bits per heavy atom. The average Bonchev–Trinajstić information content (AvgIpc) is 3.16. The first-order valence-electron chi connectivity index (χ1n) is 9.16. The highest BCUT2D eigenvalue weighted by molar-refractivity contribution is 5.87. The molecular weight excluding hydrogens is 390 g/mol. The molecule has 9 heteroatoms. The predicted octanol–water partition coefficient (Wildman–Crippen LogP) is 3.27. The first kappa shape index (κ1) is 19.4. The first-order chi connectivity index (χ1) is 14.5. The van der Waals surface area contributed by atoms with E-state index in [1.807, 2.05) is 6.08 Å². The second kappa shape index (κ2) is 7.51. The SMILES string of the molecule is COc1cc(OC)c(OC)cc1/C=C1\CCn2c1nc1ccc([N+](=O)[O-])cc1c2=O. The number of rotatable bonds is 5. The van der Waals surface area contributed by atoms with Crippen LogP contribution in [0.15, 0.2) is 35.1 Å². The first-order valence-corrected chi connectivity index (χ1v) is 9.16. The van der Waals surface area contributed by atoms with E-state index in [-0.39, 0.29) is 16.6 Å². The number of ether oxygens (including phenoxy) is 3. The second-order valence-corrected chi connectivity index (χ2v) is 6.72. The number of hydrogen-bond acceptors (Lipinski definition) is 7. The Kier molecular flexibility index (Phi) is 4.86. The number of non-ortho nitro benzene ring substituents is 1. The van der Waals surface area contributed by atoms with Crippen LogP contribution in [0.5, 0.6) is 17.2 Å². The second-order valence-electron chi connectivity index (χ2n) is 6.72. The number of hydrogen-bond donors (Lipinski definition) is 0. The van der Waals surface area contributed by atoms with Crippen LogP contribution in [-0.2, 0) is 6.54 Å². The fourth-order valence-corrected chi connectivity index (χ4v) is 3.61. The molecule has 30 heavy (non-hydrogen) atoms. The van der Waals surface area contributed by atoms with Crippen molar-refractivity contribution in [2.45, 2.75) is 13.0 Å². The Morgan fingerprint density at radius 2 is 1.77 bits per heavy atom. The lowest BCUT2D eigenvalue weighted by atomic mass is 10.1. The molecule has 154 valence electrons. The van der Waals surface area contributed by atoms with E-state index in [2.05, 4.69) is 4.98 Å². The van der Waals surface area contributed by atoms with Gasteiger partial charge in [0, 0.05) is 30.3 Å². The molecule has 2 aromatic carbocycles. The van der Waals surface area contributed by atoms with E-state index in [0.29, 0.717) is 41.6 Å². The number of aromatic nitrogens is 2. The number of nitrogens with zero attached hydrogens (tertiary/aromatic N) is 3. The molecule has 0 spiro atoms. The molecule has 0 radical (unpaired) electrons. The number of allylic oxidation sites excluding steroid dienone is 1. The molecule has 3 aromatic rings. The lowest BCUT2D eigenvalue weighted by Gasteiger charge is -2.12. The van der Waals surface area contributed by atoms with E-state index < -0.39 is 4.92 Å². The Morgan fingerprint density at radius 1 is 1.07 bits per heavy atom. The normalized spacial score (nSPS) is 14.0. The summed E-state index contributed by atoms with van der Waals surface area (Å²) in [5, 5.41) is 11.3. The van der Waals surface area contributed by atoms with Crippen molar-refractivity contribution in [2.24, 2.45) is 0 Å². The molecule has 0 N–H and O–H groups in total. The van der Waals surface area contributed by atoms with Crippen molar-refractivity contribution in [3.8, 4) is 17.2 Å². The standard InChI is InChI=1S/C21H19N3O6/c1-28-17-11-19(30-3)18(29-2)9-13(17)8-12-6-7-23-20(12)22-16-5-4-14(24(26)27)10-15(16)21(23)25/h4-5,8-11H,6-7H2,1-3H3/b12-8+. The molecule has 0 atom stereocenters. The topological polar surface area (TPSA) is 106 Å². The largest absolute Gasteiger partial charge is 0.496 e. The molecule has 0 bridgehead atoms. The molecule has 1 aromatic heterocycles. The zero-order valence-corrected chi connectivity index (χ0v) is 16.7. The van der Waals surface area contributed by atoms with Crippen molar-refractivity contribution in [3.05, 3.63) is 62.2 Å². The lowest BCUT2D eigenvalue weighted by Crippen LogP contribution is -2.20. The van der Waals surface area contributed by atoms with Gasteiger partial charge in [-0.25, -0.2) is 4.98 Å². The summed E-state index contributed by atoms with van der Waals surface area (Å²) in [4.78, 5) is 28.0. The van der Waals surface area contributed by atoms with Crippen LogP contribution in [0.25, 0.3) is 22.6 Å². The average molecular weight is 409 g/mol. The molecule has 9 nitrogen and oxygen atoms in total. The van der Waals surface area contributed by atoms with Gasteiger partial charge in [0.15, 0.2) is 11.5 Å². The molecule has 0 amide bonds. The highest BCUT2D eigenvalue weighted by Crippen LogP contribution is 2.37. The Hall–Kier alpha value is -3.88. The summed E-state index contributed by atoms with van der Waals surface area (Å²) in [6.07, 6.45) is 2.50. The van der Waals surface area contributed by atoms with Crippen LogP contribution in [0, 0.1) is 10.1 Å². The molecule has 1 aliphatic heterocycles. The van der Waals surface area contributed by atoms with Crippen LogP contribution >= 0.6 is 0 Å². The van der Waals surface area contributed by atoms with Crippen molar-refractivity contribution in [3.63, 3.8) is 0 Å². The quantitative estimate of drug-likeness (QED) is 0.470. The summed E-state index contributed by atoms with van der Waals surface area (Å²) in [5.41, 5.74) is 1.62. The molecule has 4 rings (SSSR count). The van der Waals surface area contributed by atoms with Gasteiger partial charge in [-0.15, -0.1) is 0 Å². The third-order valence-electron chi connectivity index (χ3n) is 5.11. The van der Waals surface area contributed by atoms with Gasteiger partial charge in [-0.05, 0) is 30.2 Å².